The van der Waals surface area contributed by atoms with Crippen molar-refractivity contribution in [3.05, 3.63) is 29.3 Å². The van der Waals surface area contributed by atoms with Gasteiger partial charge in [0.15, 0.2) is 5.78 Å². The molecular weight excluding hydrogens is 212 g/mol. The number of aryl methyl sites for hydroxylation is 1. The smallest absolute Gasteiger partial charge is 0.172 e. The molecule has 0 aromatic heterocycles. The minimum atomic E-state index is -0.179. The van der Waals surface area contributed by atoms with Crippen LogP contribution in [0.1, 0.15) is 48.5 Å². The van der Waals surface area contributed by atoms with Gasteiger partial charge in [-0.3, -0.25) is 4.79 Å². The van der Waals surface area contributed by atoms with Gasteiger partial charge >= 0.3 is 0 Å². The average Bonchev–Trinajstić information content (AvgIpc) is 2.76. The highest BCUT2D eigenvalue weighted by Crippen LogP contribution is 2.41. The Balaban J connectivity index is 2.39. The van der Waals surface area contributed by atoms with Gasteiger partial charge in [-0.25, -0.2) is 0 Å². The van der Waals surface area contributed by atoms with Crippen LogP contribution < -0.4 is 4.74 Å². The van der Waals surface area contributed by atoms with Crippen LogP contribution in [0.15, 0.2) is 18.2 Å². The van der Waals surface area contributed by atoms with Gasteiger partial charge < -0.3 is 4.74 Å². The number of carbonyl (C=O) groups is 1. The SMILES string of the molecule is COc1ccc(C)cc1C(=O)C1(C)CCCC1. The minimum absolute atomic E-state index is 0.179. The quantitative estimate of drug-likeness (QED) is 0.741. The highest BCUT2D eigenvalue weighted by molar-refractivity contribution is 6.02. The molecule has 92 valence electrons. The molecule has 0 spiro atoms. The van der Waals surface area contributed by atoms with Crippen LogP contribution in [-0.4, -0.2) is 12.9 Å². The van der Waals surface area contributed by atoms with Crippen molar-refractivity contribution in [1.82, 2.24) is 0 Å². The van der Waals surface area contributed by atoms with Crippen LogP contribution in [0.3, 0.4) is 0 Å². The van der Waals surface area contributed by atoms with Gasteiger partial charge in [0.25, 0.3) is 0 Å². The van der Waals surface area contributed by atoms with Gasteiger partial charge in [0.05, 0.1) is 12.7 Å². The number of hydrogen-bond acceptors (Lipinski definition) is 2. The fraction of sp³-hybridized carbons (Fsp3) is 0.533. The van der Waals surface area contributed by atoms with Crippen molar-refractivity contribution >= 4 is 5.78 Å². The number of carbonyl (C=O) groups excluding carboxylic acids is 1. The third-order valence-corrected chi connectivity index (χ3v) is 3.85. The Labute approximate surface area is 103 Å². The van der Waals surface area contributed by atoms with Crippen LogP contribution in [0.4, 0.5) is 0 Å². The number of methoxy groups -OCH3 is 1. The molecule has 2 nitrogen and oxygen atoms in total. The highest BCUT2D eigenvalue weighted by Gasteiger charge is 2.37. The lowest BCUT2D eigenvalue weighted by atomic mass is 9.80. The summed E-state index contributed by atoms with van der Waals surface area (Å²) in [5.41, 5.74) is 1.67. The van der Waals surface area contributed by atoms with Crippen molar-refractivity contribution in [1.29, 1.82) is 0 Å². The molecule has 2 heteroatoms. The van der Waals surface area contributed by atoms with Gasteiger partial charge in [0, 0.05) is 5.41 Å². The average molecular weight is 232 g/mol. The van der Waals surface area contributed by atoms with Crippen LogP contribution in [-0.2, 0) is 0 Å². The number of rotatable bonds is 3. The molecule has 0 atom stereocenters. The van der Waals surface area contributed by atoms with Crippen LogP contribution in [0.2, 0.25) is 0 Å². The van der Waals surface area contributed by atoms with Crippen molar-refractivity contribution in [3.8, 4) is 5.75 Å². The first-order chi connectivity index (χ1) is 8.07. The van der Waals surface area contributed by atoms with Crippen LogP contribution in [0.5, 0.6) is 5.75 Å². The second-order valence-corrected chi connectivity index (χ2v) is 5.30. The number of hydrogen-bond donors (Lipinski definition) is 0. The lowest BCUT2D eigenvalue weighted by molar-refractivity contribution is 0.0820. The van der Waals surface area contributed by atoms with Gasteiger partial charge in [0.2, 0.25) is 0 Å². The van der Waals surface area contributed by atoms with Crippen molar-refractivity contribution in [2.24, 2.45) is 5.41 Å². The van der Waals surface area contributed by atoms with Gasteiger partial charge in [-0.2, -0.15) is 0 Å². The molecule has 1 aromatic rings. The topological polar surface area (TPSA) is 26.3 Å². The monoisotopic (exact) mass is 232 g/mol. The van der Waals surface area contributed by atoms with E-state index in [1.807, 2.05) is 25.1 Å². The summed E-state index contributed by atoms with van der Waals surface area (Å²) >= 11 is 0. The summed E-state index contributed by atoms with van der Waals surface area (Å²) in [5.74, 6) is 0.948. The molecule has 2 rings (SSSR count). The molecule has 0 unspecified atom stereocenters. The molecule has 1 aliphatic rings. The zero-order valence-corrected chi connectivity index (χ0v) is 10.9. The van der Waals surface area contributed by atoms with Crippen molar-refractivity contribution in [2.75, 3.05) is 7.11 Å². The fourth-order valence-electron chi connectivity index (χ4n) is 2.71. The van der Waals surface area contributed by atoms with E-state index in [9.17, 15) is 4.79 Å². The number of ether oxygens (including phenoxy) is 1. The van der Waals surface area contributed by atoms with E-state index in [1.54, 1.807) is 7.11 Å². The summed E-state index contributed by atoms with van der Waals surface area (Å²) in [5, 5.41) is 0. The van der Waals surface area contributed by atoms with Gasteiger partial charge in [-0.05, 0) is 31.9 Å². The highest BCUT2D eigenvalue weighted by atomic mass is 16.5. The minimum Gasteiger partial charge on any atom is -0.496 e. The van der Waals surface area contributed by atoms with E-state index in [0.29, 0.717) is 5.75 Å². The maximum absolute atomic E-state index is 12.6. The van der Waals surface area contributed by atoms with E-state index in [-0.39, 0.29) is 11.2 Å². The van der Waals surface area contributed by atoms with E-state index < -0.39 is 0 Å². The van der Waals surface area contributed by atoms with Crippen molar-refractivity contribution < 1.29 is 9.53 Å². The molecule has 1 aliphatic carbocycles. The van der Waals surface area contributed by atoms with Crippen LogP contribution >= 0.6 is 0 Å². The van der Waals surface area contributed by atoms with E-state index >= 15 is 0 Å². The lowest BCUT2D eigenvalue weighted by Gasteiger charge is -2.23. The van der Waals surface area contributed by atoms with E-state index in [0.717, 1.165) is 36.8 Å². The molecule has 1 saturated carbocycles. The van der Waals surface area contributed by atoms with Gasteiger partial charge in [-0.1, -0.05) is 31.4 Å². The molecule has 1 fully saturated rings. The second kappa shape index (κ2) is 4.52. The maximum atomic E-state index is 12.6. The Hall–Kier alpha value is -1.31. The summed E-state index contributed by atoms with van der Waals surface area (Å²) in [6.45, 7) is 4.09. The van der Waals surface area contributed by atoms with Gasteiger partial charge in [0.1, 0.15) is 5.75 Å². The Kier molecular flexibility index (Phi) is 3.23. The third-order valence-electron chi connectivity index (χ3n) is 3.85. The van der Waals surface area contributed by atoms with Gasteiger partial charge in [-0.15, -0.1) is 0 Å². The summed E-state index contributed by atoms with van der Waals surface area (Å²) < 4.78 is 5.31. The zero-order valence-electron chi connectivity index (χ0n) is 10.9. The molecule has 0 N–H and O–H groups in total. The van der Waals surface area contributed by atoms with Crippen molar-refractivity contribution in [2.45, 2.75) is 39.5 Å². The number of Topliss-reactive ketones (excluding diaryl/α,β-unsaturated/α-hetero) is 1. The molecule has 17 heavy (non-hydrogen) atoms. The molecule has 0 amide bonds. The summed E-state index contributed by atoms with van der Waals surface area (Å²) in [7, 11) is 1.62. The summed E-state index contributed by atoms with van der Waals surface area (Å²) in [4.78, 5) is 12.6. The van der Waals surface area contributed by atoms with E-state index in [2.05, 4.69) is 6.92 Å². The Morgan fingerprint density at radius 3 is 2.53 bits per heavy atom. The van der Waals surface area contributed by atoms with Crippen molar-refractivity contribution in [3.63, 3.8) is 0 Å². The first-order valence-corrected chi connectivity index (χ1v) is 6.26. The third kappa shape index (κ3) is 2.21. The second-order valence-electron chi connectivity index (χ2n) is 5.30. The Morgan fingerprint density at radius 2 is 1.94 bits per heavy atom. The largest absolute Gasteiger partial charge is 0.496 e. The van der Waals surface area contributed by atoms with E-state index in [1.165, 1.54) is 0 Å². The fourth-order valence-corrected chi connectivity index (χ4v) is 2.71. The summed E-state index contributed by atoms with van der Waals surface area (Å²) in [6.07, 6.45) is 4.33. The zero-order chi connectivity index (χ0) is 12.5. The Bertz CT molecular complexity index is 429. The Morgan fingerprint density at radius 1 is 1.29 bits per heavy atom. The predicted octanol–water partition coefficient (Wildman–Crippen LogP) is 3.77. The van der Waals surface area contributed by atoms with E-state index in [4.69, 9.17) is 4.74 Å². The lowest BCUT2D eigenvalue weighted by Crippen LogP contribution is -2.24. The van der Waals surface area contributed by atoms with Crippen LogP contribution in [0, 0.1) is 12.3 Å². The molecule has 1 aromatic carbocycles. The molecule has 0 radical (unpaired) electrons. The first-order valence-electron chi connectivity index (χ1n) is 6.26. The first kappa shape index (κ1) is 12.2. The van der Waals surface area contributed by atoms with Crippen LogP contribution in [0.25, 0.3) is 0 Å². The molecule has 0 saturated heterocycles. The molecule has 0 bridgehead atoms. The molecule has 0 heterocycles. The number of benzene rings is 1. The maximum Gasteiger partial charge on any atom is 0.172 e. The molecule has 0 aliphatic heterocycles. The molecular formula is C15H20O2. The number of ketones is 1. The standard InChI is InChI=1S/C15H20O2/c1-11-6-7-13(17-3)12(10-11)14(16)15(2)8-4-5-9-15/h6-7,10H,4-5,8-9H2,1-3H3. The predicted molar refractivity (Wildman–Crippen MR) is 68.6 cm³/mol. The normalized spacial score (nSPS) is 18.1. The summed E-state index contributed by atoms with van der Waals surface area (Å²) in [6, 6.07) is 5.82.